The van der Waals surface area contributed by atoms with Gasteiger partial charge in [-0.25, -0.2) is 4.98 Å². The summed E-state index contributed by atoms with van der Waals surface area (Å²) < 4.78 is 5.06. The lowest BCUT2D eigenvalue weighted by Gasteiger charge is -2.07. The van der Waals surface area contributed by atoms with Crippen molar-refractivity contribution in [2.24, 2.45) is 0 Å². The average Bonchev–Trinajstić information content (AvgIpc) is 2.28. The Kier molecular flexibility index (Phi) is 3.77. The first-order valence-corrected chi connectivity index (χ1v) is 5.90. The molecule has 0 aliphatic carbocycles. The van der Waals surface area contributed by atoms with Crippen LogP contribution in [0.3, 0.4) is 0 Å². The molecule has 0 atom stereocenters. The second-order valence-electron chi connectivity index (χ2n) is 3.35. The maximum Gasteiger partial charge on any atom is 0.214 e. The maximum absolute atomic E-state index is 6.12. The summed E-state index contributed by atoms with van der Waals surface area (Å²) in [5.41, 5.74) is 1.67. The van der Waals surface area contributed by atoms with Crippen molar-refractivity contribution in [1.29, 1.82) is 0 Å². The Labute approximate surface area is 114 Å². The van der Waals surface area contributed by atoms with E-state index in [0.29, 0.717) is 21.1 Å². The van der Waals surface area contributed by atoms with Crippen molar-refractivity contribution in [3.05, 3.63) is 45.5 Å². The van der Waals surface area contributed by atoms with Gasteiger partial charge in [0.15, 0.2) is 0 Å². The minimum atomic E-state index is 0.352. The number of methoxy groups -OCH3 is 1. The number of pyridine rings is 1. The van der Waals surface area contributed by atoms with E-state index in [2.05, 4.69) is 4.98 Å². The molecule has 0 N–H and O–H groups in total. The van der Waals surface area contributed by atoms with Gasteiger partial charge in [-0.1, -0.05) is 40.9 Å². The lowest BCUT2D eigenvalue weighted by atomic mass is 10.1. The van der Waals surface area contributed by atoms with E-state index in [1.807, 2.05) is 6.07 Å². The lowest BCUT2D eigenvalue weighted by molar-refractivity contribution is 0.398. The summed E-state index contributed by atoms with van der Waals surface area (Å²) in [7, 11) is 1.53. The third-order valence-corrected chi connectivity index (χ3v) is 2.96. The SMILES string of the molecule is COc1cc(-c2ccc(Cl)cc2Cl)cc(Cl)n1. The quantitative estimate of drug-likeness (QED) is 0.746. The minimum Gasteiger partial charge on any atom is -0.481 e. The highest BCUT2D eigenvalue weighted by atomic mass is 35.5. The van der Waals surface area contributed by atoms with Gasteiger partial charge >= 0.3 is 0 Å². The van der Waals surface area contributed by atoms with Crippen LogP contribution < -0.4 is 4.74 Å². The van der Waals surface area contributed by atoms with Gasteiger partial charge in [0.2, 0.25) is 5.88 Å². The molecule has 1 heterocycles. The summed E-state index contributed by atoms with van der Waals surface area (Å²) >= 11 is 17.9. The molecule has 0 bridgehead atoms. The number of nitrogens with zero attached hydrogens (tertiary/aromatic N) is 1. The molecule has 0 aliphatic rings. The number of rotatable bonds is 2. The van der Waals surface area contributed by atoms with Gasteiger partial charge in [0, 0.05) is 21.7 Å². The molecule has 0 radical (unpaired) electrons. The third-order valence-electron chi connectivity index (χ3n) is 2.22. The van der Waals surface area contributed by atoms with E-state index < -0.39 is 0 Å². The first-order chi connectivity index (χ1) is 8.10. The van der Waals surface area contributed by atoms with Gasteiger partial charge in [-0.2, -0.15) is 0 Å². The summed E-state index contributed by atoms with van der Waals surface area (Å²) in [4.78, 5) is 4.00. The van der Waals surface area contributed by atoms with Crippen molar-refractivity contribution in [2.75, 3.05) is 7.11 Å². The summed E-state index contributed by atoms with van der Waals surface area (Å²) in [5, 5.41) is 1.50. The van der Waals surface area contributed by atoms with E-state index in [9.17, 15) is 0 Å². The first kappa shape index (κ1) is 12.5. The van der Waals surface area contributed by atoms with Gasteiger partial charge in [0.05, 0.1) is 7.11 Å². The van der Waals surface area contributed by atoms with Crippen molar-refractivity contribution >= 4 is 34.8 Å². The molecule has 2 aromatic rings. The highest BCUT2D eigenvalue weighted by Crippen LogP contribution is 2.32. The summed E-state index contributed by atoms with van der Waals surface area (Å²) in [6, 6.07) is 8.76. The zero-order valence-electron chi connectivity index (χ0n) is 8.88. The smallest absolute Gasteiger partial charge is 0.214 e. The number of aromatic nitrogens is 1. The van der Waals surface area contributed by atoms with Crippen molar-refractivity contribution in [2.45, 2.75) is 0 Å². The van der Waals surface area contributed by atoms with Crippen LogP contribution >= 0.6 is 34.8 Å². The van der Waals surface area contributed by atoms with Gasteiger partial charge in [0.1, 0.15) is 5.15 Å². The van der Waals surface area contributed by atoms with Gasteiger partial charge in [0.25, 0.3) is 0 Å². The average molecular weight is 289 g/mol. The van der Waals surface area contributed by atoms with E-state index in [-0.39, 0.29) is 0 Å². The number of hydrogen-bond donors (Lipinski definition) is 0. The second-order valence-corrected chi connectivity index (χ2v) is 4.58. The summed E-state index contributed by atoms with van der Waals surface area (Å²) in [6.07, 6.45) is 0. The predicted octanol–water partition coefficient (Wildman–Crippen LogP) is 4.72. The van der Waals surface area contributed by atoms with Crippen LogP contribution in [0.5, 0.6) is 5.88 Å². The maximum atomic E-state index is 6.12. The van der Waals surface area contributed by atoms with Crippen LogP contribution in [0.4, 0.5) is 0 Å². The molecule has 0 saturated heterocycles. The first-order valence-electron chi connectivity index (χ1n) is 4.77. The molecule has 1 aromatic heterocycles. The zero-order valence-corrected chi connectivity index (χ0v) is 11.1. The van der Waals surface area contributed by atoms with Crippen molar-refractivity contribution in [3.63, 3.8) is 0 Å². The van der Waals surface area contributed by atoms with Crippen LogP contribution in [0, 0.1) is 0 Å². The number of hydrogen-bond acceptors (Lipinski definition) is 2. The standard InChI is InChI=1S/C12H8Cl3NO/c1-17-12-5-7(4-11(15)16-12)9-3-2-8(13)6-10(9)14/h2-6H,1H3. The van der Waals surface area contributed by atoms with Crippen molar-refractivity contribution in [3.8, 4) is 17.0 Å². The van der Waals surface area contributed by atoms with Crippen LogP contribution in [-0.4, -0.2) is 12.1 Å². The zero-order chi connectivity index (χ0) is 12.4. The Hall–Kier alpha value is -0.960. The summed E-state index contributed by atoms with van der Waals surface area (Å²) in [6.45, 7) is 0. The van der Waals surface area contributed by atoms with Crippen LogP contribution in [0.1, 0.15) is 0 Å². The third kappa shape index (κ3) is 2.83. The second kappa shape index (κ2) is 5.13. The molecule has 5 heteroatoms. The van der Waals surface area contributed by atoms with E-state index in [1.165, 1.54) is 7.11 Å². The Morgan fingerprint density at radius 2 is 1.82 bits per heavy atom. The van der Waals surface area contributed by atoms with Crippen LogP contribution in [0.25, 0.3) is 11.1 Å². The molecule has 0 saturated carbocycles. The van der Waals surface area contributed by atoms with Crippen molar-refractivity contribution in [1.82, 2.24) is 4.98 Å². The molecule has 0 amide bonds. The van der Waals surface area contributed by atoms with Gasteiger partial charge in [-0.05, 0) is 23.8 Å². The highest BCUT2D eigenvalue weighted by Gasteiger charge is 2.08. The van der Waals surface area contributed by atoms with E-state index in [4.69, 9.17) is 39.5 Å². The molecule has 0 aliphatic heterocycles. The Morgan fingerprint density at radius 1 is 1.06 bits per heavy atom. The number of ether oxygens (including phenoxy) is 1. The fourth-order valence-electron chi connectivity index (χ4n) is 1.46. The normalized spacial score (nSPS) is 10.4. The van der Waals surface area contributed by atoms with E-state index in [1.54, 1.807) is 24.3 Å². The minimum absolute atomic E-state index is 0.352. The van der Waals surface area contributed by atoms with Gasteiger partial charge in [-0.3, -0.25) is 0 Å². The van der Waals surface area contributed by atoms with Gasteiger partial charge in [-0.15, -0.1) is 0 Å². The largest absolute Gasteiger partial charge is 0.481 e. The molecule has 1 aromatic carbocycles. The molecular formula is C12H8Cl3NO. The molecule has 0 fully saturated rings. The Bertz CT molecular complexity index is 557. The monoisotopic (exact) mass is 287 g/mol. The number of halogens is 3. The van der Waals surface area contributed by atoms with E-state index >= 15 is 0 Å². The Morgan fingerprint density at radius 3 is 2.47 bits per heavy atom. The molecule has 2 nitrogen and oxygen atoms in total. The lowest BCUT2D eigenvalue weighted by Crippen LogP contribution is -1.89. The predicted molar refractivity (Wildman–Crippen MR) is 71.3 cm³/mol. The molecular weight excluding hydrogens is 280 g/mol. The molecule has 88 valence electrons. The van der Waals surface area contributed by atoms with Crippen molar-refractivity contribution < 1.29 is 4.74 Å². The number of benzene rings is 1. The highest BCUT2D eigenvalue weighted by molar-refractivity contribution is 6.36. The topological polar surface area (TPSA) is 22.1 Å². The van der Waals surface area contributed by atoms with E-state index in [0.717, 1.165) is 11.1 Å². The molecule has 0 unspecified atom stereocenters. The molecule has 2 rings (SSSR count). The fraction of sp³-hybridized carbons (Fsp3) is 0.0833. The Balaban J connectivity index is 2.55. The molecule has 0 spiro atoms. The van der Waals surface area contributed by atoms with Crippen LogP contribution in [0.15, 0.2) is 30.3 Å². The van der Waals surface area contributed by atoms with Crippen LogP contribution in [-0.2, 0) is 0 Å². The summed E-state index contributed by atoms with van der Waals surface area (Å²) in [5.74, 6) is 0.443. The van der Waals surface area contributed by atoms with Gasteiger partial charge < -0.3 is 4.74 Å². The fourth-order valence-corrected chi connectivity index (χ4v) is 2.17. The molecule has 17 heavy (non-hydrogen) atoms. The van der Waals surface area contributed by atoms with Crippen LogP contribution in [0.2, 0.25) is 15.2 Å².